The smallest absolute Gasteiger partial charge is 0.225 e. The third-order valence-corrected chi connectivity index (χ3v) is 4.61. The highest BCUT2D eigenvalue weighted by Crippen LogP contribution is 2.22. The van der Waals surface area contributed by atoms with Crippen molar-refractivity contribution in [2.75, 3.05) is 24.5 Å². The molecule has 1 aromatic rings. The third kappa shape index (κ3) is 3.54. The van der Waals surface area contributed by atoms with E-state index >= 15 is 0 Å². The standard InChI is InChI=1S/C17H28N4/c1-3-15-14(9-10-18-13-7-8-13)16(4-2)20-17(19-15)21-11-5-6-12-21/h13,18H,3-12H2,1-2H3. The largest absolute Gasteiger partial charge is 0.341 e. The number of anilines is 1. The lowest BCUT2D eigenvalue weighted by molar-refractivity contribution is 0.670. The first kappa shape index (κ1) is 14.8. The highest BCUT2D eigenvalue weighted by Gasteiger charge is 2.21. The number of aromatic nitrogens is 2. The van der Waals surface area contributed by atoms with Crippen LogP contribution in [0.3, 0.4) is 0 Å². The summed E-state index contributed by atoms with van der Waals surface area (Å²) in [5.41, 5.74) is 3.93. The molecule has 0 amide bonds. The maximum Gasteiger partial charge on any atom is 0.225 e. The lowest BCUT2D eigenvalue weighted by atomic mass is 10.0. The monoisotopic (exact) mass is 288 g/mol. The van der Waals surface area contributed by atoms with Crippen molar-refractivity contribution in [2.45, 2.75) is 64.8 Å². The van der Waals surface area contributed by atoms with Crippen LogP contribution in [0.15, 0.2) is 0 Å². The highest BCUT2D eigenvalue weighted by molar-refractivity contribution is 5.38. The zero-order valence-corrected chi connectivity index (χ0v) is 13.5. The van der Waals surface area contributed by atoms with Crippen molar-refractivity contribution in [2.24, 2.45) is 0 Å². The van der Waals surface area contributed by atoms with Gasteiger partial charge >= 0.3 is 0 Å². The van der Waals surface area contributed by atoms with Crippen molar-refractivity contribution in [1.29, 1.82) is 0 Å². The van der Waals surface area contributed by atoms with E-state index in [9.17, 15) is 0 Å². The fourth-order valence-electron chi connectivity index (χ4n) is 3.19. The van der Waals surface area contributed by atoms with Crippen LogP contribution in [0.5, 0.6) is 0 Å². The number of hydrogen-bond acceptors (Lipinski definition) is 4. The van der Waals surface area contributed by atoms with Gasteiger partial charge in [0.05, 0.1) is 0 Å². The van der Waals surface area contributed by atoms with Crippen LogP contribution in [0.2, 0.25) is 0 Å². The van der Waals surface area contributed by atoms with Gasteiger partial charge in [-0.2, -0.15) is 0 Å². The van der Waals surface area contributed by atoms with Crippen LogP contribution < -0.4 is 10.2 Å². The van der Waals surface area contributed by atoms with Gasteiger partial charge in [-0.25, -0.2) is 9.97 Å². The molecule has 1 saturated carbocycles. The van der Waals surface area contributed by atoms with Gasteiger partial charge in [0.1, 0.15) is 0 Å². The van der Waals surface area contributed by atoms with E-state index in [-0.39, 0.29) is 0 Å². The summed E-state index contributed by atoms with van der Waals surface area (Å²) in [5, 5.41) is 3.61. The Morgan fingerprint density at radius 2 is 1.67 bits per heavy atom. The van der Waals surface area contributed by atoms with Crippen molar-refractivity contribution in [3.05, 3.63) is 17.0 Å². The molecule has 2 fully saturated rings. The molecule has 1 aliphatic heterocycles. The van der Waals surface area contributed by atoms with Crippen LogP contribution in [0.25, 0.3) is 0 Å². The van der Waals surface area contributed by atoms with E-state index in [4.69, 9.17) is 9.97 Å². The second-order valence-electron chi connectivity index (χ2n) is 6.28. The molecule has 0 spiro atoms. The molecule has 4 heteroatoms. The average Bonchev–Trinajstić information content (AvgIpc) is 3.17. The summed E-state index contributed by atoms with van der Waals surface area (Å²) in [5.74, 6) is 0.972. The van der Waals surface area contributed by atoms with Crippen molar-refractivity contribution >= 4 is 5.95 Å². The van der Waals surface area contributed by atoms with Crippen LogP contribution in [0, 0.1) is 0 Å². The molecule has 1 aromatic heterocycles. The van der Waals surface area contributed by atoms with E-state index in [1.54, 1.807) is 0 Å². The van der Waals surface area contributed by atoms with Gasteiger partial charge in [-0.15, -0.1) is 0 Å². The Bertz CT molecular complexity index is 451. The molecule has 0 radical (unpaired) electrons. The molecule has 4 nitrogen and oxygen atoms in total. The van der Waals surface area contributed by atoms with Gasteiger partial charge in [0, 0.05) is 30.5 Å². The minimum absolute atomic E-state index is 0.782. The van der Waals surface area contributed by atoms with Crippen LogP contribution >= 0.6 is 0 Å². The molecule has 2 aliphatic rings. The van der Waals surface area contributed by atoms with Gasteiger partial charge in [0.15, 0.2) is 0 Å². The SMILES string of the molecule is CCc1nc(N2CCCC2)nc(CC)c1CCNC1CC1. The molecule has 0 aromatic carbocycles. The fourth-order valence-corrected chi connectivity index (χ4v) is 3.19. The molecule has 0 atom stereocenters. The number of rotatable bonds is 7. The quantitative estimate of drug-likeness (QED) is 0.837. The van der Waals surface area contributed by atoms with Crippen molar-refractivity contribution in [3.63, 3.8) is 0 Å². The van der Waals surface area contributed by atoms with Crippen molar-refractivity contribution in [3.8, 4) is 0 Å². The molecule has 1 aliphatic carbocycles. The summed E-state index contributed by atoms with van der Waals surface area (Å²) >= 11 is 0. The van der Waals surface area contributed by atoms with Crippen LogP contribution in [0.4, 0.5) is 5.95 Å². The van der Waals surface area contributed by atoms with E-state index in [0.717, 1.165) is 50.9 Å². The molecule has 0 bridgehead atoms. The lowest BCUT2D eigenvalue weighted by Crippen LogP contribution is -2.24. The zero-order valence-electron chi connectivity index (χ0n) is 13.5. The van der Waals surface area contributed by atoms with E-state index in [1.165, 1.54) is 42.6 Å². The van der Waals surface area contributed by atoms with E-state index in [1.807, 2.05) is 0 Å². The van der Waals surface area contributed by atoms with Crippen molar-refractivity contribution < 1.29 is 0 Å². The summed E-state index contributed by atoms with van der Waals surface area (Å²) in [6, 6.07) is 0.782. The Morgan fingerprint density at radius 3 is 2.19 bits per heavy atom. The van der Waals surface area contributed by atoms with Gasteiger partial charge in [0.2, 0.25) is 5.95 Å². The summed E-state index contributed by atoms with van der Waals surface area (Å²) in [6.45, 7) is 7.74. The summed E-state index contributed by atoms with van der Waals surface area (Å²) in [6.07, 6.45) is 8.35. The minimum Gasteiger partial charge on any atom is -0.341 e. The van der Waals surface area contributed by atoms with Gasteiger partial charge in [0.25, 0.3) is 0 Å². The van der Waals surface area contributed by atoms with E-state index < -0.39 is 0 Å². The molecule has 116 valence electrons. The number of nitrogens with zero attached hydrogens (tertiary/aromatic N) is 3. The number of nitrogens with one attached hydrogen (secondary N) is 1. The average molecular weight is 288 g/mol. The lowest BCUT2D eigenvalue weighted by Gasteiger charge is -2.20. The summed E-state index contributed by atoms with van der Waals surface area (Å²) < 4.78 is 0. The highest BCUT2D eigenvalue weighted by atomic mass is 15.3. The normalized spacial score (nSPS) is 18.5. The predicted octanol–water partition coefficient (Wildman–Crippen LogP) is 2.50. The van der Waals surface area contributed by atoms with E-state index in [0.29, 0.717) is 0 Å². The summed E-state index contributed by atoms with van der Waals surface area (Å²) in [4.78, 5) is 12.1. The molecular formula is C17H28N4. The van der Waals surface area contributed by atoms with Gasteiger partial charge in [-0.05, 0) is 57.1 Å². The molecule has 2 heterocycles. The molecular weight excluding hydrogens is 260 g/mol. The van der Waals surface area contributed by atoms with Gasteiger partial charge in [-0.3, -0.25) is 0 Å². The second kappa shape index (κ2) is 6.73. The topological polar surface area (TPSA) is 41.1 Å². The number of hydrogen-bond donors (Lipinski definition) is 1. The Labute approximate surface area is 128 Å². The Kier molecular flexibility index (Phi) is 4.73. The molecule has 0 unspecified atom stereocenters. The third-order valence-electron chi connectivity index (χ3n) is 4.61. The molecule has 1 saturated heterocycles. The maximum absolute atomic E-state index is 4.88. The second-order valence-corrected chi connectivity index (χ2v) is 6.28. The first-order chi connectivity index (χ1) is 10.3. The minimum atomic E-state index is 0.782. The van der Waals surface area contributed by atoms with Gasteiger partial charge in [-0.1, -0.05) is 13.8 Å². The number of aryl methyl sites for hydroxylation is 2. The van der Waals surface area contributed by atoms with Crippen LogP contribution in [-0.2, 0) is 19.3 Å². The van der Waals surface area contributed by atoms with Crippen LogP contribution in [-0.4, -0.2) is 35.6 Å². The Balaban J connectivity index is 1.78. The van der Waals surface area contributed by atoms with Crippen molar-refractivity contribution in [1.82, 2.24) is 15.3 Å². The van der Waals surface area contributed by atoms with E-state index in [2.05, 4.69) is 24.1 Å². The Hall–Kier alpha value is -1.16. The predicted molar refractivity (Wildman–Crippen MR) is 87.0 cm³/mol. The Morgan fingerprint density at radius 1 is 1.05 bits per heavy atom. The van der Waals surface area contributed by atoms with Crippen LogP contribution in [0.1, 0.15) is 56.5 Å². The molecule has 3 rings (SSSR count). The maximum atomic E-state index is 4.88. The molecule has 21 heavy (non-hydrogen) atoms. The first-order valence-electron chi connectivity index (χ1n) is 8.68. The molecule has 1 N–H and O–H groups in total. The zero-order chi connectivity index (χ0) is 14.7. The fraction of sp³-hybridized carbons (Fsp3) is 0.765. The van der Waals surface area contributed by atoms with Gasteiger partial charge < -0.3 is 10.2 Å². The first-order valence-corrected chi connectivity index (χ1v) is 8.68. The summed E-state index contributed by atoms with van der Waals surface area (Å²) in [7, 11) is 0.